The second-order valence-electron chi connectivity index (χ2n) is 10.5. The Morgan fingerprint density at radius 3 is 2.07 bits per heavy atom. The Balaban J connectivity index is 1.80. The van der Waals surface area contributed by atoms with Crippen LogP contribution < -0.4 is 14.4 Å². The van der Waals surface area contributed by atoms with Crippen molar-refractivity contribution in [2.75, 3.05) is 34.4 Å². The van der Waals surface area contributed by atoms with E-state index in [1.165, 1.54) is 0 Å². The Morgan fingerprint density at radius 1 is 0.837 bits per heavy atom. The number of halogens is 2. The molecule has 1 aliphatic heterocycles. The monoisotopic (exact) mass is 671 g/mol. The van der Waals surface area contributed by atoms with Gasteiger partial charge in [-0.25, -0.2) is 9.13 Å². The van der Waals surface area contributed by atoms with Crippen LogP contribution in [0.25, 0.3) is 17.1 Å². The van der Waals surface area contributed by atoms with Crippen LogP contribution in [-0.2, 0) is 33.3 Å². The first-order valence-corrected chi connectivity index (χ1v) is 18.0. The van der Waals surface area contributed by atoms with Crippen LogP contribution in [0.2, 0.25) is 10.0 Å². The Labute approximate surface area is 263 Å². The van der Waals surface area contributed by atoms with Gasteiger partial charge in [0.15, 0.2) is 11.0 Å². The molecule has 0 radical (unpaired) electrons. The molecule has 0 saturated carbocycles. The number of rotatable bonds is 12. The number of imidazole rings is 1. The molecule has 2 N–H and O–H groups in total. The minimum atomic E-state index is -4.11. The van der Waals surface area contributed by atoms with E-state index in [-0.39, 0.29) is 24.3 Å². The van der Waals surface area contributed by atoms with Gasteiger partial charge >= 0.3 is 0 Å². The van der Waals surface area contributed by atoms with Crippen molar-refractivity contribution in [3.63, 3.8) is 0 Å². The summed E-state index contributed by atoms with van der Waals surface area (Å²) in [6, 6.07) is 7.76. The summed E-state index contributed by atoms with van der Waals surface area (Å²) in [6.45, 7) is 9.82. The highest BCUT2D eigenvalue weighted by Crippen LogP contribution is 2.44. The van der Waals surface area contributed by atoms with E-state index in [1.807, 2.05) is 79.7 Å². The number of hydrogen-bond donors (Lipinski definition) is 2. The molecule has 10 nitrogen and oxygen atoms in total. The van der Waals surface area contributed by atoms with Crippen molar-refractivity contribution in [1.29, 1.82) is 0 Å². The largest absolute Gasteiger partial charge is 0.326 e. The molecule has 43 heavy (non-hydrogen) atoms. The molecule has 0 fully saturated rings. The van der Waals surface area contributed by atoms with E-state index in [1.54, 1.807) is 0 Å². The van der Waals surface area contributed by atoms with E-state index >= 15 is 0 Å². The lowest BCUT2D eigenvalue weighted by Gasteiger charge is -2.24. The molecule has 0 bridgehead atoms. The average molecular weight is 673 g/mol. The Kier molecular flexibility index (Phi) is 10.2. The molecule has 1 aromatic heterocycles. The molecule has 2 aromatic carbocycles. The smallest absolute Gasteiger partial charge is 0.282 e. The number of nitrogens with zero attached hydrogens (tertiary/aromatic N) is 4. The van der Waals surface area contributed by atoms with Gasteiger partial charge in [0.2, 0.25) is 0 Å². The van der Waals surface area contributed by atoms with E-state index in [0.29, 0.717) is 36.2 Å². The van der Waals surface area contributed by atoms with Gasteiger partial charge < -0.3 is 9.80 Å². The van der Waals surface area contributed by atoms with Crippen molar-refractivity contribution in [2.45, 2.75) is 53.6 Å². The lowest BCUT2D eigenvalue weighted by atomic mass is 10.2. The van der Waals surface area contributed by atoms with Crippen molar-refractivity contribution in [1.82, 2.24) is 4.57 Å². The fraction of sp³-hybridized carbons (Fsp3) is 0.414. The minimum Gasteiger partial charge on any atom is -0.326 e. The van der Waals surface area contributed by atoms with E-state index in [9.17, 15) is 25.9 Å². The summed E-state index contributed by atoms with van der Waals surface area (Å²) >= 11 is 13.0. The molecule has 0 aliphatic carbocycles. The van der Waals surface area contributed by atoms with Crippen LogP contribution in [0.4, 0.5) is 11.4 Å². The van der Waals surface area contributed by atoms with Gasteiger partial charge in [-0.1, -0.05) is 29.3 Å². The first-order valence-electron chi connectivity index (χ1n) is 14.0. The van der Waals surface area contributed by atoms with Crippen molar-refractivity contribution in [3.8, 4) is 0 Å². The van der Waals surface area contributed by atoms with E-state index in [4.69, 9.17) is 23.2 Å². The predicted molar refractivity (Wildman–Crippen MR) is 173 cm³/mol. The zero-order valence-corrected chi connectivity index (χ0v) is 27.7. The molecule has 0 spiro atoms. The van der Waals surface area contributed by atoms with E-state index in [0.717, 1.165) is 45.2 Å². The van der Waals surface area contributed by atoms with Gasteiger partial charge in [0.1, 0.15) is 5.82 Å². The lowest BCUT2D eigenvalue weighted by Crippen LogP contribution is -2.37. The van der Waals surface area contributed by atoms with Crippen LogP contribution in [0.1, 0.15) is 43.6 Å². The second kappa shape index (κ2) is 13.2. The van der Waals surface area contributed by atoms with Crippen LogP contribution in [0.3, 0.4) is 0 Å². The minimum absolute atomic E-state index is 0.219. The highest BCUT2D eigenvalue weighted by Gasteiger charge is 2.31. The van der Waals surface area contributed by atoms with Crippen LogP contribution in [0, 0.1) is 13.8 Å². The van der Waals surface area contributed by atoms with Crippen molar-refractivity contribution in [3.05, 3.63) is 69.2 Å². The first-order chi connectivity index (χ1) is 20.1. The third-order valence-corrected chi connectivity index (χ3v) is 9.90. The Morgan fingerprint density at radius 2 is 1.44 bits per heavy atom. The highest BCUT2D eigenvalue weighted by atomic mass is 35.5. The third kappa shape index (κ3) is 7.55. The maximum atomic E-state index is 11.4. The van der Waals surface area contributed by atoms with Crippen molar-refractivity contribution < 1.29 is 30.5 Å². The molecule has 3 aromatic rings. The molecule has 0 saturated heterocycles. The SMILES string of the molecule is CCN1/C(=C\C=C\c2n(CC)c3cc(Cl)c(C)cc3[n+]2CCCS(=O)(=O)O)N(CCCS(=O)(=O)O)c2cc(C)c(Cl)cc21. The van der Waals surface area contributed by atoms with Gasteiger partial charge in [-0.15, -0.1) is 0 Å². The van der Waals surface area contributed by atoms with E-state index in [2.05, 4.69) is 9.47 Å². The van der Waals surface area contributed by atoms with Gasteiger partial charge in [-0.05, 0) is 69.5 Å². The summed E-state index contributed by atoms with van der Waals surface area (Å²) in [5, 5.41) is 1.25. The first kappa shape index (κ1) is 33.3. The fourth-order valence-corrected chi connectivity index (χ4v) is 6.79. The van der Waals surface area contributed by atoms with Crippen molar-refractivity contribution in [2.24, 2.45) is 0 Å². The summed E-state index contributed by atoms with van der Waals surface area (Å²) in [6.07, 6.45) is 6.23. The molecule has 0 unspecified atom stereocenters. The Bertz CT molecular complexity index is 1820. The summed E-state index contributed by atoms with van der Waals surface area (Å²) in [4.78, 5) is 4.12. The average Bonchev–Trinajstić information content (AvgIpc) is 3.34. The quantitative estimate of drug-likeness (QED) is 0.188. The zero-order valence-electron chi connectivity index (χ0n) is 24.6. The summed E-state index contributed by atoms with van der Waals surface area (Å²) in [5.41, 5.74) is 5.37. The normalized spacial score (nSPS) is 15.0. The maximum absolute atomic E-state index is 11.4. The standard InChI is InChI=1S/C29H36Cl2N4O6S2/c1-5-32-26-18-22(30)20(3)16-24(26)34(12-8-14-42(36,37)38)28(32)10-7-11-29-33(6-2)27-19-23(31)21(4)17-25(27)35(29)13-9-15-43(39,40)41/h7,10-11,16-19H,5-6,8-9,12-15H2,1-4H3,(H-,36,37,38,39,40,41)/p+1. The molecule has 0 atom stereocenters. The number of aryl methyl sites for hydroxylation is 4. The summed E-state index contributed by atoms with van der Waals surface area (Å²) < 4.78 is 68.5. The summed E-state index contributed by atoms with van der Waals surface area (Å²) in [5.74, 6) is 0.925. The topological polar surface area (TPSA) is 124 Å². The lowest BCUT2D eigenvalue weighted by molar-refractivity contribution is -0.673. The van der Waals surface area contributed by atoms with Gasteiger partial charge in [0, 0.05) is 41.7 Å². The van der Waals surface area contributed by atoms with Gasteiger partial charge in [0.25, 0.3) is 26.1 Å². The number of hydrogen-bond acceptors (Lipinski definition) is 6. The van der Waals surface area contributed by atoms with Crippen LogP contribution >= 0.6 is 23.2 Å². The van der Waals surface area contributed by atoms with Crippen LogP contribution in [-0.4, -0.2) is 55.1 Å². The highest BCUT2D eigenvalue weighted by molar-refractivity contribution is 7.86. The zero-order chi connectivity index (χ0) is 31.7. The number of anilines is 2. The molecule has 4 rings (SSSR count). The molecule has 1 aliphatic rings. The molecule has 2 heterocycles. The molecule has 0 amide bonds. The molecular formula is C29H37Cl2N4O6S2+. The Hall–Kier alpha value is -2.61. The predicted octanol–water partition coefficient (Wildman–Crippen LogP) is 5.63. The number of benzene rings is 2. The van der Waals surface area contributed by atoms with Gasteiger partial charge in [-0.3, -0.25) is 9.11 Å². The molecular weight excluding hydrogens is 635 g/mol. The summed E-state index contributed by atoms with van der Waals surface area (Å²) in [7, 11) is -8.22. The third-order valence-electron chi connectivity index (χ3n) is 7.47. The van der Waals surface area contributed by atoms with Crippen molar-refractivity contribution >= 4 is 71.9 Å². The molecule has 234 valence electrons. The van der Waals surface area contributed by atoms with E-state index < -0.39 is 20.2 Å². The van der Waals surface area contributed by atoms with Gasteiger partial charge in [0.05, 0.1) is 36.0 Å². The fourth-order valence-electron chi connectivity index (χ4n) is 5.49. The number of fused-ring (bicyclic) bond motifs is 2. The van der Waals surface area contributed by atoms with Crippen LogP contribution in [0.15, 0.2) is 42.2 Å². The second-order valence-corrected chi connectivity index (χ2v) is 14.5. The van der Waals surface area contributed by atoms with Crippen LogP contribution in [0.5, 0.6) is 0 Å². The maximum Gasteiger partial charge on any atom is 0.282 e. The molecule has 14 heteroatoms. The number of aromatic nitrogens is 2. The van der Waals surface area contributed by atoms with Gasteiger partial charge in [-0.2, -0.15) is 16.8 Å². The number of allylic oxidation sites excluding steroid dienone is 2.